The first-order valence-corrected chi connectivity index (χ1v) is 15.6. The molecule has 226 valence electrons. The molecule has 1 saturated heterocycles. The zero-order valence-corrected chi connectivity index (χ0v) is 26.0. The molecule has 0 radical (unpaired) electrons. The van der Waals surface area contributed by atoms with Gasteiger partial charge in [-0.25, -0.2) is 9.79 Å². The Kier molecular flexibility index (Phi) is 9.67. The summed E-state index contributed by atoms with van der Waals surface area (Å²) in [6.45, 7) is 5.48. The molecule has 43 heavy (non-hydrogen) atoms. The molecule has 0 unspecified atom stereocenters. The van der Waals surface area contributed by atoms with Crippen molar-refractivity contribution in [2.45, 2.75) is 45.6 Å². The van der Waals surface area contributed by atoms with E-state index < -0.39 is 12.0 Å². The number of amides is 1. The van der Waals surface area contributed by atoms with Gasteiger partial charge in [-0.05, 0) is 68.2 Å². The Bertz CT molecular complexity index is 1720. The second-order valence-electron chi connectivity index (χ2n) is 10.2. The van der Waals surface area contributed by atoms with E-state index in [-0.39, 0.29) is 24.7 Å². The molecule has 1 fully saturated rings. The van der Waals surface area contributed by atoms with Gasteiger partial charge in [0.15, 0.2) is 11.4 Å². The first kappa shape index (κ1) is 30.6. The lowest BCUT2D eigenvalue weighted by molar-refractivity contribution is -0.139. The van der Waals surface area contributed by atoms with Gasteiger partial charge in [0, 0.05) is 23.7 Å². The number of allylic oxidation sites excluding steroid dienone is 1. The zero-order chi connectivity index (χ0) is 30.5. The fourth-order valence-electron chi connectivity index (χ4n) is 5.35. The van der Waals surface area contributed by atoms with E-state index in [2.05, 4.69) is 0 Å². The lowest BCUT2D eigenvalue weighted by atomic mass is 9.93. The lowest BCUT2D eigenvalue weighted by Gasteiger charge is -2.27. The highest BCUT2D eigenvalue weighted by Crippen LogP contribution is 2.38. The molecule has 0 aliphatic carbocycles. The quantitative estimate of drug-likeness (QED) is 0.313. The fraction of sp³-hybridized carbons (Fsp3) is 0.375. The molecule has 11 heteroatoms. The molecule has 3 aromatic rings. The van der Waals surface area contributed by atoms with Crippen LogP contribution in [0.1, 0.15) is 56.7 Å². The van der Waals surface area contributed by atoms with Crippen molar-refractivity contribution >= 4 is 40.9 Å². The van der Waals surface area contributed by atoms with Gasteiger partial charge in [0.05, 0.1) is 29.5 Å². The van der Waals surface area contributed by atoms with Gasteiger partial charge in [0.2, 0.25) is 0 Å². The summed E-state index contributed by atoms with van der Waals surface area (Å²) in [4.78, 5) is 46.8. The molecule has 0 bridgehead atoms. The van der Waals surface area contributed by atoms with Crippen molar-refractivity contribution in [1.82, 2.24) is 9.47 Å². The number of benzene rings is 2. The summed E-state index contributed by atoms with van der Waals surface area (Å²) in [5, 5.41) is 0.444. The summed E-state index contributed by atoms with van der Waals surface area (Å²) in [5.41, 5.74) is 1.92. The molecule has 9 nitrogen and oxygen atoms in total. The number of fused-ring (bicyclic) bond motifs is 1. The van der Waals surface area contributed by atoms with Gasteiger partial charge >= 0.3 is 5.97 Å². The molecule has 0 saturated carbocycles. The average Bonchev–Trinajstić information content (AvgIpc) is 3.65. The third-order valence-corrected chi connectivity index (χ3v) is 8.60. The number of hydrogen-bond acceptors (Lipinski definition) is 8. The number of aromatic nitrogens is 1. The van der Waals surface area contributed by atoms with Crippen LogP contribution in [0.15, 0.2) is 63.5 Å². The van der Waals surface area contributed by atoms with Gasteiger partial charge in [-0.1, -0.05) is 48.4 Å². The maximum atomic E-state index is 14.0. The van der Waals surface area contributed by atoms with Crippen LogP contribution in [-0.4, -0.2) is 54.8 Å². The van der Waals surface area contributed by atoms with Crippen LogP contribution < -0.4 is 24.4 Å². The van der Waals surface area contributed by atoms with Gasteiger partial charge < -0.3 is 19.1 Å². The van der Waals surface area contributed by atoms with Crippen molar-refractivity contribution in [3.8, 4) is 11.5 Å². The van der Waals surface area contributed by atoms with E-state index in [1.807, 2.05) is 24.0 Å². The SMILES string of the molecule is CCCC1=C(C(=O)OCC)[C@H](c2cc(Cl)ccc2OC)n2c(s/c(=C\c3ccc(OCC(=O)N4CCCC4)cc3)c2=O)=N1. The number of halogens is 1. The third kappa shape index (κ3) is 6.55. The number of esters is 1. The third-order valence-electron chi connectivity index (χ3n) is 7.38. The van der Waals surface area contributed by atoms with Crippen molar-refractivity contribution in [3.63, 3.8) is 0 Å². The highest BCUT2D eigenvalue weighted by molar-refractivity contribution is 7.07. The first-order chi connectivity index (χ1) is 20.8. The number of rotatable bonds is 10. The minimum atomic E-state index is -0.837. The van der Waals surface area contributed by atoms with E-state index >= 15 is 0 Å². The number of ether oxygens (including phenoxy) is 3. The van der Waals surface area contributed by atoms with E-state index in [0.717, 1.165) is 37.9 Å². The number of nitrogens with zero attached hydrogens (tertiary/aromatic N) is 3. The average molecular weight is 624 g/mol. The van der Waals surface area contributed by atoms with Crippen molar-refractivity contribution in [2.75, 3.05) is 33.4 Å². The molecule has 0 N–H and O–H groups in total. The summed E-state index contributed by atoms with van der Waals surface area (Å²) >= 11 is 7.66. The Morgan fingerprint density at radius 2 is 1.86 bits per heavy atom. The minimum Gasteiger partial charge on any atom is -0.496 e. The van der Waals surface area contributed by atoms with E-state index in [1.165, 1.54) is 23.0 Å². The van der Waals surface area contributed by atoms with Crippen LogP contribution in [0.25, 0.3) is 6.08 Å². The fourth-order valence-corrected chi connectivity index (χ4v) is 6.55. The molecule has 2 aliphatic heterocycles. The lowest BCUT2D eigenvalue weighted by Crippen LogP contribution is -2.40. The van der Waals surface area contributed by atoms with Gasteiger partial charge in [-0.3, -0.25) is 14.2 Å². The summed E-state index contributed by atoms with van der Waals surface area (Å²) < 4.78 is 18.8. The Labute approximate surface area is 258 Å². The molecule has 1 amide bonds. The van der Waals surface area contributed by atoms with Crippen LogP contribution in [0.2, 0.25) is 5.02 Å². The Morgan fingerprint density at radius 1 is 1.12 bits per heavy atom. The largest absolute Gasteiger partial charge is 0.496 e. The van der Waals surface area contributed by atoms with Crippen LogP contribution in [0.4, 0.5) is 0 Å². The smallest absolute Gasteiger partial charge is 0.338 e. The number of thiazole rings is 1. The molecular weight excluding hydrogens is 590 g/mol. The molecule has 5 rings (SSSR count). The Morgan fingerprint density at radius 3 is 2.53 bits per heavy atom. The van der Waals surface area contributed by atoms with Crippen LogP contribution in [0.5, 0.6) is 11.5 Å². The Hall–Kier alpha value is -3.89. The predicted molar refractivity (Wildman–Crippen MR) is 165 cm³/mol. The predicted octanol–water partition coefficient (Wildman–Crippen LogP) is 4.24. The highest BCUT2D eigenvalue weighted by Gasteiger charge is 2.36. The van der Waals surface area contributed by atoms with E-state index in [4.69, 9.17) is 30.8 Å². The van der Waals surface area contributed by atoms with Crippen LogP contribution in [-0.2, 0) is 14.3 Å². The van der Waals surface area contributed by atoms with Crippen LogP contribution >= 0.6 is 22.9 Å². The highest BCUT2D eigenvalue weighted by atomic mass is 35.5. The molecule has 3 heterocycles. The van der Waals surface area contributed by atoms with Gasteiger partial charge in [-0.15, -0.1) is 0 Å². The standard InChI is InChI=1S/C32H34ClN3O6S/c1-4-8-24-28(31(39)41-5-2)29(23-18-21(33)11-14-25(23)40-3)36-30(38)26(43-32(36)34-24)17-20-9-12-22(13-10-20)42-19-27(37)35-15-6-7-16-35/h9-14,17-18,29H,4-8,15-16,19H2,1-3H3/b26-17-/t29-/m0/s1. The summed E-state index contributed by atoms with van der Waals surface area (Å²) in [5.74, 6) is 0.512. The molecule has 2 aliphatic rings. The summed E-state index contributed by atoms with van der Waals surface area (Å²) in [7, 11) is 1.53. The molecule has 2 aromatic carbocycles. The summed E-state index contributed by atoms with van der Waals surface area (Å²) in [6, 6.07) is 11.5. The van der Waals surface area contributed by atoms with Crippen LogP contribution in [0.3, 0.4) is 0 Å². The van der Waals surface area contributed by atoms with Gasteiger partial charge in [-0.2, -0.15) is 0 Å². The molecular formula is C32H34ClN3O6S. The van der Waals surface area contributed by atoms with Gasteiger partial charge in [0.25, 0.3) is 11.5 Å². The molecule has 1 aromatic heterocycles. The van der Waals surface area contributed by atoms with Crippen molar-refractivity contribution in [1.29, 1.82) is 0 Å². The second-order valence-corrected chi connectivity index (χ2v) is 11.7. The zero-order valence-electron chi connectivity index (χ0n) is 24.4. The number of carbonyl (C=O) groups excluding carboxylic acids is 2. The Balaban J connectivity index is 1.54. The van der Waals surface area contributed by atoms with Crippen LogP contribution in [0, 0.1) is 0 Å². The number of likely N-dealkylation sites (tertiary alicyclic amines) is 1. The topological polar surface area (TPSA) is 99.4 Å². The van der Waals surface area contributed by atoms with Crippen molar-refractivity contribution in [3.05, 3.63) is 89.6 Å². The van der Waals surface area contributed by atoms with Gasteiger partial charge in [0.1, 0.15) is 17.5 Å². The second kappa shape index (κ2) is 13.6. The minimum absolute atomic E-state index is 0.00615. The molecule has 1 atom stereocenters. The normalized spacial score (nSPS) is 16.6. The number of hydrogen-bond donors (Lipinski definition) is 0. The van der Waals surface area contributed by atoms with Crippen molar-refractivity contribution in [2.24, 2.45) is 4.99 Å². The van der Waals surface area contributed by atoms with E-state index in [9.17, 15) is 14.4 Å². The van der Waals surface area contributed by atoms with Crippen molar-refractivity contribution < 1.29 is 23.8 Å². The van der Waals surface area contributed by atoms with E-state index in [1.54, 1.807) is 43.3 Å². The summed E-state index contributed by atoms with van der Waals surface area (Å²) in [6.07, 6.45) is 5.11. The first-order valence-electron chi connectivity index (χ1n) is 14.4. The monoisotopic (exact) mass is 623 g/mol. The van der Waals surface area contributed by atoms with E-state index in [0.29, 0.717) is 49.1 Å². The maximum Gasteiger partial charge on any atom is 0.338 e. The number of carbonyl (C=O) groups is 2. The number of methoxy groups -OCH3 is 1. The molecule has 0 spiro atoms. The maximum absolute atomic E-state index is 14.0.